The number of nitrogens with zero attached hydrogens (tertiary/aromatic N) is 3. The smallest absolute Gasteiger partial charge is 0.263 e. The van der Waals surface area contributed by atoms with Crippen molar-refractivity contribution in [2.24, 2.45) is 0 Å². The maximum atomic E-state index is 12.7. The molecule has 0 atom stereocenters. The van der Waals surface area contributed by atoms with Crippen molar-refractivity contribution in [3.05, 3.63) is 58.0 Å². The van der Waals surface area contributed by atoms with Crippen LogP contribution in [0.4, 0.5) is 0 Å². The topological polar surface area (TPSA) is 99.2 Å². The third-order valence-electron chi connectivity index (χ3n) is 4.82. The molecule has 0 spiro atoms. The molecule has 3 heterocycles. The lowest BCUT2D eigenvalue weighted by Crippen LogP contribution is -2.46. The van der Waals surface area contributed by atoms with Crippen molar-refractivity contribution < 1.29 is 9.90 Å². The van der Waals surface area contributed by atoms with Crippen LogP contribution in [0.25, 0.3) is 0 Å². The van der Waals surface area contributed by atoms with E-state index in [1.807, 2.05) is 26.8 Å². The Morgan fingerprint density at radius 1 is 1.27 bits per heavy atom. The highest BCUT2D eigenvalue weighted by Crippen LogP contribution is 2.32. The Hall–Kier alpha value is -2.54. The van der Waals surface area contributed by atoms with Gasteiger partial charge in [-0.3, -0.25) is 14.6 Å². The Kier molecular flexibility index (Phi) is 4.66. The van der Waals surface area contributed by atoms with Gasteiger partial charge in [0.2, 0.25) is 0 Å². The fraction of sp³-hybridized carbons (Fsp3) is 0.474. The number of H-pyrrole nitrogens is 1. The monoisotopic (exact) mass is 356 g/mol. The average Bonchev–Trinajstić information content (AvgIpc) is 2.62. The van der Waals surface area contributed by atoms with Gasteiger partial charge in [0, 0.05) is 42.7 Å². The first kappa shape index (κ1) is 18.3. The normalized spacial score (nSPS) is 17.2. The molecule has 0 saturated carbocycles. The summed E-state index contributed by atoms with van der Waals surface area (Å²) >= 11 is 0. The molecule has 1 amide bonds. The van der Waals surface area contributed by atoms with Gasteiger partial charge >= 0.3 is 0 Å². The van der Waals surface area contributed by atoms with Crippen LogP contribution in [-0.2, 0) is 11.0 Å². The number of carbonyl (C=O) groups excluding carboxylic acids is 1. The summed E-state index contributed by atoms with van der Waals surface area (Å²) in [5, 5.41) is 10.8. The van der Waals surface area contributed by atoms with Gasteiger partial charge in [-0.1, -0.05) is 26.8 Å². The number of piperidine rings is 1. The van der Waals surface area contributed by atoms with Crippen LogP contribution in [0.1, 0.15) is 55.4 Å². The van der Waals surface area contributed by atoms with Crippen molar-refractivity contribution in [1.29, 1.82) is 0 Å². The molecule has 138 valence electrons. The minimum atomic E-state index is -0.994. The number of rotatable bonds is 2. The van der Waals surface area contributed by atoms with E-state index in [1.165, 1.54) is 6.20 Å². The quantitative estimate of drug-likeness (QED) is 0.851. The maximum absolute atomic E-state index is 12.7. The van der Waals surface area contributed by atoms with Gasteiger partial charge in [-0.05, 0) is 18.9 Å². The summed E-state index contributed by atoms with van der Waals surface area (Å²) in [5.41, 5.74) is -0.938. The van der Waals surface area contributed by atoms with Gasteiger partial charge in [0.1, 0.15) is 11.4 Å². The number of carbonyl (C=O) groups is 1. The molecule has 0 aromatic carbocycles. The van der Waals surface area contributed by atoms with E-state index in [2.05, 4.69) is 15.0 Å². The predicted octanol–water partition coefficient (Wildman–Crippen LogP) is 1.59. The van der Waals surface area contributed by atoms with Crippen LogP contribution in [0.15, 0.2) is 35.5 Å². The molecular weight excluding hydrogens is 332 g/mol. The summed E-state index contributed by atoms with van der Waals surface area (Å²) in [7, 11) is 0. The standard InChI is InChI=1S/C19H24N4O3/c1-18(2,3)17-21-12-14(15(24)22-17)16(25)23-9-6-19(26,7-10-23)13-5-4-8-20-11-13/h4-5,8,11-12,26H,6-7,9-10H2,1-3H3,(H,21,22,24). The Bertz CT molecular complexity index is 847. The molecule has 0 bridgehead atoms. The molecule has 1 aliphatic rings. The van der Waals surface area contributed by atoms with E-state index >= 15 is 0 Å². The molecule has 3 rings (SSSR count). The molecule has 2 aromatic rings. The number of pyridine rings is 1. The summed E-state index contributed by atoms with van der Waals surface area (Å²) in [5.74, 6) is 0.191. The van der Waals surface area contributed by atoms with Crippen molar-refractivity contribution in [3.63, 3.8) is 0 Å². The van der Waals surface area contributed by atoms with Crippen LogP contribution in [0.5, 0.6) is 0 Å². The Labute approximate surface area is 152 Å². The van der Waals surface area contributed by atoms with E-state index < -0.39 is 11.2 Å². The van der Waals surface area contributed by atoms with E-state index in [4.69, 9.17) is 0 Å². The summed E-state index contributed by atoms with van der Waals surface area (Å²) in [4.78, 5) is 37.6. The number of aliphatic hydroxyl groups is 1. The lowest BCUT2D eigenvalue weighted by atomic mass is 9.85. The van der Waals surface area contributed by atoms with Gasteiger partial charge in [-0.15, -0.1) is 0 Å². The highest BCUT2D eigenvalue weighted by Gasteiger charge is 2.36. The zero-order valence-electron chi connectivity index (χ0n) is 15.3. The number of amides is 1. The third kappa shape index (κ3) is 3.53. The first-order valence-corrected chi connectivity index (χ1v) is 8.73. The molecule has 26 heavy (non-hydrogen) atoms. The van der Waals surface area contributed by atoms with E-state index in [0.29, 0.717) is 31.8 Å². The second-order valence-electron chi connectivity index (χ2n) is 7.79. The molecule has 7 heteroatoms. The lowest BCUT2D eigenvalue weighted by molar-refractivity contribution is -0.0214. The number of hydrogen-bond acceptors (Lipinski definition) is 5. The number of aromatic amines is 1. The van der Waals surface area contributed by atoms with Gasteiger partial charge < -0.3 is 15.0 Å². The van der Waals surface area contributed by atoms with E-state index in [9.17, 15) is 14.7 Å². The molecule has 0 aliphatic carbocycles. The van der Waals surface area contributed by atoms with Crippen LogP contribution in [0.3, 0.4) is 0 Å². The average molecular weight is 356 g/mol. The van der Waals surface area contributed by atoms with Gasteiger partial charge in [-0.25, -0.2) is 4.98 Å². The second kappa shape index (κ2) is 6.64. The summed E-state index contributed by atoms with van der Waals surface area (Å²) < 4.78 is 0. The maximum Gasteiger partial charge on any atom is 0.263 e. The lowest BCUT2D eigenvalue weighted by Gasteiger charge is -2.38. The van der Waals surface area contributed by atoms with Crippen molar-refractivity contribution in [2.75, 3.05) is 13.1 Å². The fourth-order valence-corrected chi connectivity index (χ4v) is 3.11. The summed E-state index contributed by atoms with van der Waals surface area (Å²) in [6.45, 7) is 6.55. The summed E-state index contributed by atoms with van der Waals surface area (Å²) in [6, 6.07) is 3.62. The molecule has 1 aliphatic heterocycles. The Morgan fingerprint density at radius 2 is 1.96 bits per heavy atom. The van der Waals surface area contributed by atoms with E-state index in [-0.39, 0.29) is 16.9 Å². The third-order valence-corrected chi connectivity index (χ3v) is 4.82. The van der Waals surface area contributed by atoms with Gasteiger partial charge in [0.05, 0.1) is 5.60 Å². The highest BCUT2D eigenvalue weighted by atomic mass is 16.3. The number of likely N-dealkylation sites (tertiary alicyclic amines) is 1. The SMILES string of the molecule is CC(C)(C)c1ncc(C(=O)N2CCC(O)(c3cccnc3)CC2)c(=O)[nH]1. The minimum Gasteiger partial charge on any atom is -0.385 e. The van der Waals surface area contributed by atoms with Crippen LogP contribution in [-0.4, -0.2) is 44.0 Å². The molecule has 0 unspecified atom stereocenters. The molecular formula is C19H24N4O3. The van der Waals surface area contributed by atoms with E-state index in [0.717, 1.165) is 5.56 Å². The van der Waals surface area contributed by atoms with Crippen LogP contribution in [0.2, 0.25) is 0 Å². The summed E-state index contributed by atoms with van der Waals surface area (Å²) in [6.07, 6.45) is 5.46. The predicted molar refractivity (Wildman–Crippen MR) is 96.8 cm³/mol. The van der Waals surface area contributed by atoms with Crippen molar-refractivity contribution >= 4 is 5.91 Å². The van der Waals surface area contributed by atoms with Crippen LogP contribution >= 0.6 is 0 Å². The zero-order valence-corrected chi connectivity index (χ0v) is 15.3. The van der Waals surface area contributed by atoms with Gasteiger partial charge in [-0.2, -0.15) is 0 Å². The molecule has 7 nitrogen and oxygen atoms in total. The number of aromatic nitrogens is 3. The molecule has 0 radical (unpaired) electrons. The van der Waals surface area contributed by atoms with Gasteiger partial charge in [0.25, 0.3) is 11.5 Å². The number of hydrogen-bond donors (Lipinski definition) is 2. The molecule has 1 saturated heterocycles. The largest absolute Gasteiger partial charge is 0.385 e. The first-order valence-electron chi connectivity index (χ1n) is 8.73. The Balaban J connectivity index is 1.74. The zero-order chi connectivity index (χ0) is 18.9. The first-order chi connectivity index (χ1) is 12.2. The van der Waals surface area contributed by atoms with Gasteiger partial charge in [0.15, 0.2) is 0 Å². The van der Waals surface area contributed by atoms with E-state index in [1.54, 1.807) is 23.4 Å². The minimum absolute atomic E-state index is 0.0322. The highest BCUT2D eigenvalue weighted by molar-refractivity contribution is 5.93. The number of nitrogens with one attached hydrogen (secondary N) is 1. The van der Waals surface area contributed by atoms with Crippen LogP contribution < -0.4 is 5.56 Å². The van der Waals surface area contributed by atoms with Crippen molar-refractivity contribution in [2.45, 2.75) is 44.6 Å². The fourth-order valence-electron chi connectivity index (χ4n) is 3.11. The molecule has 2 aromatic heterocycles. The molecule has 1 fully saturated rings. The van der Waals surface area contributed by atoms with Crippen molar-refractivity contribution in [1.82, 2.24) is 19.9 Å². The Morgan fingerprint density at radius 3 is 2.50 bits per heavy atom. The van der Waals surface area contributed by atoms with Crippen molar-refractivity contribution in [3.8, 4) is 0 Å². The second-order valence-corrected chi connectivity index (χ2v) is 7.79. The molecule has 2 N–H and O–H groups in total. The van der Waals surface area contributed by atoms with Crippen LogP contribution in [0, 0.1) is 0 Å².